The fourth-order valence-electron chi connectivity index (χ4n) is 3.74. The zero-order chi connectivity index (χ0) is 20.5. The summed E-state index contributed by atoms with van der Waals surface area (Å²) in [5, 5.41) is 12.3. The van der Waals surface area contributed by atoms with Crippen molar-refractivity contribution >= 4 is 28.8 Å². The SMILES string of the molecule is O=C(CCC(=O)N1CCc2sccc2C1)Nc1cccc(-c2n[nH]c(C3CC3)n2)c1. The molecule has 8 heteroatoms. The van der Waals surface area contributed by atoms with E-state index in [4.69, 9.17) is 0 Å². The number of nitrogens with one attached hydrogen (secondary N) is 2. The zero-order valence-electron chi connectivity index (χ0n) is 16.6. The number of aromatic nitrogens is 3. The van der Waals surface area contributed by atoms with Gasteiger partial charge in [0.25, 0.3) is 0 Å². The Morgan fingerprint density at radius 1 is 1.23 bits per heavy atom. The van der Waals surface area contributed by atoms with Gasteiger partial charge in [-0.25, -0.2) is 4.98 Å². The molecule has 3 heterocycles. The van der Waals surface area contributed by atoms with Crippen molar-refractivity contribution in [3.63, 3.8) is 0 Å². The molecule has 1 aliphatic heterocycles. The van der Waals surface area contributed by atoms with Crippen molar-refractivity contribution in [2.45, 2.75) is 44.6 Å². The van der Waals surface area contributed by atoms with Crippen LogP contribution < -0.4 is 5.32 Å². The van der Waals surface area contributed by atoms with Gasteiger partial charge in [-0.05, 0) is 48.4 Å². The Morgan fingerprint density at radius 3 is 3.00 bits per heavy atom. The minimum absolute atomic E-state index is 0.0316. The Bertz CT molecular complexity index is 1080. The first-order valence-corrected chi connectivity index (χ1v) is 11.2. The molecule has 0 unspecified atom stereocenters. The Balaban J connectivity index is 1.15. The van der Waals surface area contributed by atoms with E-state index in [2.05, 4.69) is 31.9 Å². The quantitative estimate of drug-likeness (QED) is 0.635. The molecule has 154 valence electrons. The predicted octanol–water partition coefficient (Wildman–Crippen LogP) is 3.71. The molecule has 0 spiro atoms. The van der Waals surface area contributed by atoms with E-state index in [1.165, 1.54) is 10.4 Å². The Labute approximate surface area is 178 Å². The first-order chi connectivity index (χ1) is 14.7. The average molecular weight is 422 g/mol. The topological polar surface area (TPSA) is 91.0 Å². The number of hydrogen-bond donors (Lipinski definition) is 2. The third kappa shape index (κ3) is 4.14. The summed E-state index contributed by atoms with van der Waals surface area (Å²) in [6.45, 7) is 1.39. The number of carbonyl (C=O) groups is 2. The minimum atomic E-state index is -0.164. The number of rotatable bonds is 6. The second kappa shape index (κ2) is 8.02. The molecule has 30 heavy (non-hydrogen) atoms. The van der Waals surface area contributed by atoms with Crippen LogP contribution in [-0.2, 0) is 22.6 Å². The molecule has 3 aromatic rings. The number of anilines is 1. The second-order valence-electron chi connectivity index (χ2n) is 7.88. The normalized spacial score (nSPS) is 15.7. The van der Waals surface area contributed by atoms with Crippen LogP contribution in [0.5, 0.6) is 0 Å². The van der Waals surface area contributed by atoms with Crippen molar-refractivity contribution in [1.82, 2.24) is 20.1 Å². The van der Waals surface area contributed by atoms with Crippen LogP contribution in [-0.4, -0.2) is 38.4 Å². The highest BCUT2D eigenvalue weighted by Crippen LogP contribution is 2.38. The number of hydrogen-bond acceptors (Lipinski definition) is 5. The summed E-state index contributed by atoms with van der Waals surface area (Å²) in [5.74, 6) is 1.95. The van der Waals surface area contributed by atoms with Crippen LogP contribution in [0.1, 0.15) is 47.9 Å². The van der Waals surface area contributed by atoms with Gasteiger partial charge in [0, 0.05) is 48.0 Å². The van der Waals surface area contributed by atoms with Gasteiger partial charge in [0.15, 0.2) is 5.82 Å². The molecule has 1 fully saturated rings. The Morgan fingerprint density at radius 2 is 2.13 bits per heavy atom. The zero-order valence-corrected chi connectivity index (χ0v) is 17.4. The van der Waals surface area contributed by atoms with Gasteiger partial charge in [0.05, 0.1) is 0 Å². The summed E-state index contributed by atoms with van der Waals surface area (Å²) in [6.07, 6.45) is 3.62. The maximum Gasteiger partial charge on any atom is 0.224 e. The molecule has 0 atom stereocenters. The number of benzene rings is 1. The smallest absolute Gasteiger partial charge is 0.224 e. The second-order valence-corrected chi connectivity index (χ2v) is 8.88. The van der Waals surface area contributed by atoms with Crippen LogP contribution >= 0.6 is 11.3 Å². The van der Waals surface area contributed by atoms with Gasteiger partial charge in [-0.2, -0.15) is 5.10 Å². The van der Waals surface area contributed by atoms with E-state index in [0.717, 1.165) is 37.2 Å². The average Bonchev–Trinajstić information content (AvgIpc) is 3.30. The number of amides is 2. The van der Waals surface area contributed by atoms with Crippen LogP contribution in [0.15, 0.2) is 35.7 Å². The highest BCUT2D eigenvalue weighted by molar-refractivity contribution is 7.10. The molecule has 1 saturated carbocycles. The lowest BCUT2D eigenvalue weighted by Crippen LogP contribution is -2.35. The fourth-order valence-corrected chi connectivity index (χ4v) is 4.63. The van der Waals surface area contributed by atoms with Gasteiger partial charge in [0.2, 0.25) is 11.8 Å². The Kier molecular flexibility index (Phi) is 5.08. The molecular weight excluding hydrogens is 398 g/mol. The van der Waals surface area contributed by atoms with Crippen LogP contribution in [0.3, 0.4) is 0 Å². The van der Waals surface area contributed by atoms with Gasteiger partial charge in [-0.15, -0.1) is 11.3 Å². The lowest BCUT2D eigenvalue weighted by molar-refractivity contribution is -0.133. The van der Waals surface area contributed by atoms with Crippen molar-refractivity contribution in [3.05, 3.63) is 52.0 Å². The van der Waals surface area contributed by atoms with E-state index in [1.807, 2.05) is 29.2 Å². The molecule has 2 aliphatic rings. The van der Waals surface area contributed by atoms with Crippen LogP contribution in [0, 0.1) is 0 Å². The van der Waals surface area contributed by atoms with E-state index in [9.17, 15) is 9.59 Å². The summed E-state index contributed by atoms with van der Waals surface area (Å²) in [5.41, 5.74) is 2.77. The van der Waals surface area contributed by atoms with Gasteiger partial charge < -0.3 is 10.2 Å². The summed E-state index contributed by atoms with van der Waals surface area (Å²) < 4.78 is 0. The summed E-state index contributed by atoms with van der Waals surface area (Å²) in [6, 6.07) is 9.58. The molecule has 0 bridgehead atoms. The number of thiophene rings is 1. The highest BCUT2D eigenvalue weighted by Gasteiger charge is 2.27. The molecule has 0 radical (unpaired) electrons. The molecule has 1 aromatic carbocycles. The summed E-state index contributed by atoms with van der Waals surface area (Å²) >= 11 is 1.75. The number of H-pyrrole nitrogens is 1. The van der Waals surface area contributed by atoms with E-state index in [1.54, 1.807) is 11.3 Å². The summed E-state index contributed by atoms with van der Waals surface area (Å²) in [4.78, 5) is 32.7. The van der Waals surface area contributed by atoms with Gasteiger partial charge in [0.1, 0.15) is 5.82 Å². The first-order valence-electron chi connectivity index (χ1n) is 10.3. The standard InChI is InChI=1S/C22H23N5O2S/c28-19(6-7-20(29)27-10-8-18-16(13-27)9-11-30-18)23-17-3-1-2-15(12-17)22-24-21(25-26-22)14-4-5-14/h1-3,9,11-12,14H,4-8,10,13H2,(H,23,28)(H,24,25,26). The largest absolute Gasteiger partial charge is 0.338 e. The van der Waals surface area contributed by atoms with Crippen molar-refractivity contribution in [2.75, 3.05) is 11.9 Å². The van der Waals surface area contributed by atoms with Gasteiger partial charge >= 0.3 is 0 Å². The number of carbonyl (C=O) groups excluding carboxylic acids is 2. The van der Waals surface area contributed by atoms with E-state index < -0.39 is 0 Å². The monoisotopic (exact) mass is 421 g/mol. The minimum Gasteiger partial charge on any atom is -0.338 e. The van der Waals surface area contributed by atoms with E-state index in [0.29, 0.717) is 24.0 Å². The number of fused-ring (bicyclic) bond motifs is 1. The van der Waals surface area contributed by atoms with Crippen LogP contribution in [0.4, 0.5) is 5.69 Å². The van der Waals surface area contributed by atoms with E-state index >= 15 is 0 Å². The Hall–Kier alpha value is -3.00. The lowest BCUT2D eigenvalue weighted by atomic mass is 10.1. The fraction of sp³-hybridized carbons (Fsp3) is 0.364. The summed E-state index contributed by atoms with van der Waals surface area (Å²) in [7, 11) is 0. The van der Waals surface area contributed by atoms with E-state index in [-0.39, 0.29) is 24.7 Å². The highest BCUT2D eigenvalue weighted by atomic mass is 32.1. The maximum atomic E-state index is 12.5. The molecule has 7 nitrogen and oxygen atoms in total. The molecule has 2 aromatic heterocycles. The molecular formula is C22H23N5O2S. The predicted molar refractivity (Wildman–Crippen MR) is 115 cm³/mol. The van der Waals surface area contributed by atoms with Crippen molar-refractivity contribution in [1.29, 1.82) is 0 Å². The van der Waals surface area contributed by atoms with Crippen LogP contribution in [0.2, 0.25) is 0 Å². The van der Waals surface area contributed by atoms with Crippen molar-refractivity contribution in [2.24, 2.45) is 0 Å². The molecule has 1 aliphatic carbocycles. The third-order valence-electron chi connectivity index (χ3n) is 5.60. The number of aromatic amines is 1. The first kappa shape index (κ1) is 19.0. The number of nitrogens with zero attached hydrogens (tertiary/aromatic N) is 3. The van der Waals surface area contributed by atoms with Crippen molar-refractivity contribution in [3.8, 4) is 11.4 Å². The van der Waals surface area contributed by atoms with Crippen LogP contribution in [0.25, 0.3) is 11.4 Å². The third-order valence-corrected chi connectivity index (χ3v) is 6.62. The molecule has 2 N–H and O–H groups in total. The molecule has 5 rings (SSSR count). The lowest BCUT2D eigenvalue weighted by Gasteiger charge is -2.27. The van der Waals surface area contributed by atoms with Gasteiger partial charge in [-0.1, -0.05) is 12.1 Å². The van der Waals surface area contributed by atoms with Gasteiger partial charge in [-0.3, -0.25) is 14.7 Å². The maximum absolute atomic E-state index is 12.5. The molecule has 0 saturated heterocycles. The van der Waals surface area contributed by atoms with Crippen molar-refractivity contribution < 1.29 is 9.59 Å². The molecule has 2 amide bonds.